The third-order valence-electron chi connectivity index (χ3n) is 5.25. The Labute approximate surface area is 148 Å². The van der Waals surface area contributed by atoms with E-state index in [-0.39, 0.29) is 17.7 Å². The van der Waals surface area contributed by atoms with Crippen molar-refractivity contribution in [2.45, 2.75) is 51.4 Å². The van der Waals surface area contributed by atoms with Gasteiger partial charge in [-0.3, -0.25) is 19.3 Å². The first-order chi connectivity index (χ1) is 12.2. The van der Waals surface area contributed by atoms with Gasteiger partial charge in [0.1, 0.15) is 0 Å². The van der Waals surface area contributed by atoms with E-state index in [1.54, 1.807) is 24.3 Å². The Kier molecular flexibility index (Phi) is 5.84. The molecule has 1 saturated carbocycles. The second-order valence-electron chi connectivity index (χ2n) is 7.05. The summed E-state index contributed by atoms with van der Waals surface area (Å²) in [4.78, 5) is 37.6. The molecule has 134 valence electrons. The van der Waals surface area contributed by atoms with Crippen molar-refractivity contribution in [3.8, 4) is 0 Å². The minimum absolute atomic E-state index is 0.00281. The van der Waals surface area contributed by atoms with E-state index >= 15 is 0 Å². The maximum atomic E-state index is 12.2. The molecule has 1 aliphatic carbocycles. The number of fused-ring (bicyclic) bond motifs is 1. The molecule has 1 aliphatic heterocycles. The zero-order chi connectivity index (χ0) is 17.6. The zero-order valence-electron chi connectivity index (χ0n) is 14.6. The standard InChI is InChI=1S/C20H26N2O3/c23-18(21-13-5-9-15-7-1-2-8-15)12-6-14-22-19(24)16-10-3-4-11-17(16)20(22)25/h3-4,10-11,15H,1-2,5-9,12-14H2,(H,21,23). The lowest BCUT2D eigenvalue weighted by Crippen LogP contribution is -2.32. The maximum absolute atomic E-state index is 12.2. The number of imide groups is 1. The Balaban J connectivity index is 1.33. The van der Waals surface area contributed by atoms with E-state index in [0.29, 0.717) is 30.5 Å². The van der Waals surface area contributed by atoms with Gasteiger partial charge in [0.15, 0.2) is 0 Å². The molecule has 0 unspecified atom stereocenters. The Morgan fingerprint density at radius 1 is 1.04 bits per heavy atom. The molecule has 1 heterocycles. The highest BCUT2D eigenvalue weighted by molar-refractivity contribution is 6.21. The Morgan fingerprint density at radius 2 is 1.68 bits per heavy atom. The summed E-state index contributed by atoms with van der Waals surface area (Å²) in [5.74, 6) is 0.351. The van der Waals surface area contributed by atoms with Crippen LogP contribution >= 0.6 is 0 Å². The van der Waals surface area contributed by atoms with Crippen molar-refractivity contribution in [1.82, 2.24) is 10.2 Å². The van der Waals surface area contributed by atoms with E-state index < -0.39 is 0 Å². The molecular formula is C20H26N2O3. The highest BCUT2D eigenvalue weighted by Crippen LogP contribution is 2.28. The van der Waals surface area contributed by atoms with Gasteiger partial charge in [-0.2, -0.15) is 0 Å². The van der Waals surface area contributed by atoms with E-state index in [2.05, 4.69) is 5.32 Å². The number of nitrogens with one attached hydrogen (secondary N) is 1. The molecule has 3 amide bonds. The molecule has 2 aliphatic rings. The quantitative estimate of drug-likeness (QED) is 0.583. The summed E-state index contributed by atoms with van der Waals surface area (Å²) in [5.41, 5.74) is 0.924. The minimum Gasteiger partial charge on any atom is -0.356 e. The summed E-state index contributed by atoms with van der Waals surface area (Å²) in [6.45, 7) is 1.02. The van der Waals surface area contributed by atoms with Gasteiger partial charge in [0.2, 0.25) is 5.91 Å². The van der Waals surface area contributed by atoms with Crippen molar-refractivity contribution < 1.29 is 14.4 Å². The van der Waals surface area contributed by atoms with E-state index in [4.69, 9.17) is 0 Å². The van der Waals surface area contributed by atoms with Gasteiger partial charge >= 0.3 is 0 Å². The molecule has 1 fully saturated rings. The van der Waals surface area contributed by atoms with Gasteiger partial charge in [0.25, 0.3) is 11.8 Å². The minimum atomic E-state index is -0.252. The summed E-state index contributed by atoms with van der Waals surface area (Å²) >= 11 is 0. The normalized spacial score (nSPS) is 17.2. The molecular weight excluding hydrogens is 316 g/mol. The van der Waals surface area contributed by atoms with Gasteiger partial charge in [-0.15, -0.1) is 0 Å². The molecule has 3 rings (SSSR count). The smallest absolute Gasteiger partial charge is 0.261 e. The predicted molar refractivity (Wildman–Crippen MR) is 95.2 cm³/mol. The molecule has 5 heteroatoms. The fourth-order valence-corrected chi connectivity index (χ4v) is 3.85. The van der Waals surface area contributed by atoms with Crippen molar-refractivity contribution >= 4 is 17.7 Å². The number of benzene rings is 1. The second-order valence-corrected chi connectivity index (χ2v) is 7.05. The van der Waals surface area contributed by atoms with E-state index in [9.17, 15) is 14.4 Å². The predicted octanol–water partition coefficient (Wildman–Crippen LogP) is 3.15. The molecule has 0 bridgehead atoms. The van der Waals surface area contributed by atoms with E-state index in [1.165, 1.54) is 37.0 Å². The van der Waals surface area contributed by atoms with Crippen LogP contribution in [0.2, 0.25) is 0 Å². The summed E-state index contributed by atoms with van der Waals surface area (Å²) in [5, 5.41) is 2.94. The lowest BCUT2D eigenvalue weighted by atomic mass is 10.0. The Morgan fingerprint density at radius 3 is 2.32 bits per heavy atom. The highest BCUT2D eigenvalue weighted by Gasteiger charge is 2.34. The van der Waals surface area contributed by atoms with Crippen LogP contribution in [0, 0.1) is 5.92 Å². The van der Waals surface area contributed by atoms with Gasteiger partial charge in [-0.1, -0.05) is 37.8 Å². The van der Waals surface area contributed by atoms with Gasteiger partial charge < -0.3 is 5.32 Å². The van der Waals surface area contributed by atoms with Crippen LogP contribution in [0.15, 0.2) is 24.3 Å². The summed E-state index contributed by atoms with van der Waals surface area (Å²) in [6.07, 6.45) is 8.48. The van der Waals surface area contributed by atoms with Crippen LogP contribution in [-0.2, 0) is 4.79 Å². The third-order valence-corrected chi connectivity index (χ3v) is 5.25. The third kappa shape index (κ3) is 4.27. The molecule has 1 aromatic carbocycles. The number of hydrogen-bond donors (Lipinski definition) is 1. The van der Waals surface area contributed by atoms with Gasteiger partial charge in [0.05, 0.1) is 11.1 Å². The first-order valence-corrected chi connectivity index (χ1v) is 9.39. The summed E-state index contributed by atoms with van der Waals surface area (Å²) < 4.78 is 0. The molecule has 5 nitrogen and oxygen atoms in total. The number of hydrogen-bond acceptors (Lipinski definition) is 3. The van der Waals surface area contributed by atoms with Crippen LogP contribution in [0.25, 0.3) is 0 Å². The number of rotatable bonds is 8. The maximum Gasteiger partial charge on any atom is 0.261 e. The SMILES string of the molecule is O=C(CCCN1C(=O)c2ccccc2C1=O)NCCCC1CCCC1. The van der Waals surface area contributed by atoms with Crippen LogP contribution in [0.4, 0.5) is 0 Å². The van der Waals surface area contributed by atoms with Crippen LogP contribution in [0.3, 0.4) is 0 Å². The average molecular weight is 342 g/mol. The zero-order valence-corrected chi connectivity index (χ0v) is 14.6. The number of carbonyl (C=O) groups excluding carboxylic acids is 3. The molecule has 1 aromatic rings. The fourth-order valence-electron chi connectivity index (χ4n) is 3.85. The first-order valence-electron chi connectivity index (χ1n) is 9.39. The van der Waals surface area contributed by atoms with Crippen LogP contribution < -0.4 is 5.32 Å². The fraction of sp³-hybridized carbons (Fsp3) is 0.550. The van der Waals surface area contributed by atoms with Gasteiger partial charge in [-0.05, 0) is 37.3 Å². The van der Waals surface area contributed by atoms with E-state index in [0.717, 1.165) is 18.9 Å². The summed E-state index contributed by atoms with van der Waals surface area (Å²) in [6, 6.07) is 6.86. The largest absolute Gasteiger partial charge is 0.356 e. The van der Waals surface area contributed by atoms with Crippen molar-refractivity contribution in [3.63, 3.8) is 0 Å². The van der Waals surface area contributed by atoms with Crippen molar-refractivity contribution in [2.75, 3.05) is 13.1 Å². The molecule has 0 atom stereocenters. The lowest BCUT2D eigenvalue weighted by Gasteiger charge is -2.13. The number of nitrogens with zero attached hydrogens (tertiary/aromatic N) is 1. The topological polar surface area (TPSA) is 66.5 Å². The lowest BCUT2D eigenvalue weighted by molar-refractivity contribution is -0.121. The molecule has 0 saturated heterocycles. The molecule has 0 aromatic heterocycles. The monoisotopic (exact) mass is 342 g/mol. The Hall–Kier alpha value is -2.17. The Bertz CT molecular complexity index is 615. The van der Waals surface area contributed by atoms with Crippen molar-refractivity contribution in [1.29, 1.82) is 0 Å². The van der Waals surface area contributed by atoms with Crippen molar-refractivity contribution in [3.05, 3.63) is 35.4 Å². The highest BCUT2D eigenvalue weighted by atomic mass is 16.2. The number of amides is 3. The second kappa shape index (κ2) is 8.28. The molecule has 0 spiro atoms. The van der Waals surface area contributed by atoms with Crippen molar-refractivity contribution in [2.24, 2.45) is 5.92 Å². The average Bonchev–Trinajstić information content (AvgIpc) is 3.22. The molecule has 1 N–H and O–H groups in total. The van der Waals surface area contributed by atoms with Crippen LogP contribution in [0.1, 0.15) is 72.1 Å². The molecule has 25 heavy (non-hydrogen) atoms. The number of carbonyl (C=O) groups is 3. The summed E-state index contributed by atoms with van der Waals surface area (Å²) in [7, 11) is 0. The van der Waals surface area contributed by atoms with Crippen LogP contribution in [-0.4, -0.2) is 35.7 Å². The van der Waals surface area contributed by atoms with Gasteiger partial charge in [-0.25, -0.2) is 0 Å². The van der Waals surface area contributed by atoms with Crippen LogP contribution in [0.5, 0.6) is 0 Å². The molecule has 0 radical (unpaired) electrons. The van der Waals surface area contributed by atoms with Gasteiger partial charge in [0, 0.05) is 19.5 Å². The first kappa shape index (κ1) is 17.6. The van der Waals surface area contributed by atoms with E-state index in [1.807, 2.05) is 0 Å².